The van der Waals surface area contributed by atoms with E-state index in [9.17, 15) is 4.79 Å². The van der Waals surface area contributed by atoms with Crippen LogP contribution in [-0.2, 0) is 6.42 Å². The second kappa shape index (κ2) is 5.55. The molecule has 1 aliphatic rings. The number of benzene rings is 1. The first-order valence-electron chi connectivity index (χ1n) is 7.37. The molecule has 0 spiro atoms. The van der Waals surface area contributed by atoms with Crippen molar-refractivity contribution in [3.8, 4) is 10.7 Å². The van der Waals surface area contributed by atoms with Crippen LogP contribution in [0.5, 0.6) is 0 Å². The van der Waals surface area contributed by atoms with Crippen molar-refractivity contribution in [1.82, 2.24) is 15.0 Å². The highest BCUT2D eigenvalue weighted by atomic mass is 32.1. The fraction of sp³-hybridized carbons (Fsp3) is 0.176. The summed E-state index contributed by atoms with van der Waals surface area (Å²) >= 11 is 1.41. The van der Waals surface area contributed by atoms with Gasteiger partial charge >= 0.3 is 0 Å². The van der Waals surface area contributed by atoms with Gasteiger partial charge in [0.05, 0.1) is 6.20 Å². The van der Waals surface area contributed by atoms with E-state index in [0.717, 1.165) is 12.1 Å². The van der Waals surface area contributed by atoms with Gasteiger partial charge in [0.15, 0.2) is 0 Å². The van der Waals surface area contributed by atoms with Gasteiger partial charge in [0.2, 0.25) is 0 Å². The van der Waals surface area contributed by atoms with Gasteiger partial charge in [-0.25, -0.2) is 4.98 Å². The van der Waals surface area contributed by atoms with Gasteiger partial charge in [-0.3, -0.25) is 14.8 Å². The molecule has 1 amide bonds. The Labute approximate surface area is 137 Å². The van der Waals surface area contributed by atoms with E-state index in [0.29, 0.717) is 16.4 Å². The SMILES string of the molecule is C[C@H]1Cc2ccccc2N1C(=O)c1csc(-c2cnccn2)n1. The molecule has 1 aliphatic heterocycles. The van der Waals surface area contributed by atoms with Crippen LogP contribution in [0, 0.1) is 0 Å². The lowest BCUT2D eigenvalue weighted by atomic mass is 10.1. The van der Waals surface area contributed by atoms with Gasteiger partial charge < -0.3 is 4.90 Å². The summed E-state index contributed by atoms with van der Waals surface area (Å²) in [6.07, 6.45) is 5.77. The second-order valence-corrected chi connectivity index (χ2v) is 6.34. The minimum Gasteiger partial charge on any atom is -0.304 e. The topological polar surface area (TPSA) is 59.0 Å². The van der Waals surface area contributed by atoms with Crippen LogP contribution in [-0.4, -0.2) is 26.9 Å². The molecule has 2 aromatic heterocycles. The zero-order valence-electron chi connectivity index (χ0n) is 12.5. The van der Waals surface area contributed by atoms with E-state index in [1.165, 1.54) is 16.9 Å². The number of amides is 1. The summed E-state index contributed by atoms with van der Waals surface area (Å²) in [5, 5.41) is 2.50. The Balaban J connectivity index is 1.67. The highest BCUT2D eigenvalue weighted by molar-refractivity contribution is 7.13. The van der Waals surface area contributed by atoms with Gasteiger partial charge in [-0.1, -0.05) is 18.2 Å². The van der Waals surface area contributed by atoms with Gasteiger partial charge in [-0.15, -0.1) is 11.3 Å². The Morgan fingerprint density at radius 2 is 2.17 bits per heavy atom. The van der Waals surface area contributed by atoms with E-state index in [4.69, 9.17) is 0 Å². The Bertz CT molecular complexity index is 862. The van der Waals surface area contributed by atoms with E-state index in [-0.39, 0.29) is 11.9 Å². The van der Waals surface area contributed by atoms with Crippen LogP contribution < -0.4 is 4.90 Å². The predicted octanol–water partition coefficient (Wildman–Crippen LogP) is 3.19. The number of hydrogen-bond acceptors (Lipinski definition) is 5. The van der Waals surface area contributed by atoms with E-state index in [1.807, 2.05) is 23.1 Å². The van der Waals surface area contributed by atoms with Crippen LogP contribution in [0.3, 0.4) is 0 Å². The van der Waals surface area contributed by atoms with Crippen molar-refractivity contribution in [2.75, 3.05) is 4.90 Å². The van der Waals surface area contributed by atoms with Crippen LogP contribution in [0.25, 0.3) is 10.7 Å². The number of aromatic nitrogens is 3. The Kier molecular flexibility index (Phi) is 3.38. The number of para-hydroxylation sites is 1. The molecule has 0 N–H and O–H groups in total. The lowest BCUT2D eigenvalue weighted by Crippen LogP contribution is -2.35. The molecule has 1 aromatic carbocycles. The van der Waals surface area contributed by atoms with Crippen LogP contribution >= 0.6 is 11.3 Å². The molecular formula is C17H14N4OS. The van der Waals surface area contributed by atoms with E-state index >= 15 is 0 Å². The minimum absolute atomic E-state index is 0.0613. The van der Waals surface area contributed by atoms with Gasteiger partial charge in [-0.05, 0) is 25.0 Å². The van der Waals surface area contributed by atoms with E-state index < -0.39 is 0 Å². The Morgan fingerprint density at radius 1 is 1.30 bits per heavy atom. The molecule has 0 saturated carbocycles. The highest BCUT2D eigenvalue weighted by Gasteiger charge is 2.32. The van der Waals surface area contributed by atoms with Crippen molar-refractivity contribution < 1.29 is 4.79 Å². The second-order valence-electron chi connectivity index (χ2n) is 5.49. The maximum atomic E-state index is 12.9. The minimum atomic E-state index is -0.0613. The van der Waals surface area contributed by atoms with Crippen molar-refractivity contribution in [1.29, 1.82) is 0 Å². The molecule has 5 nitrogen and oxygen atoms in total. The summed E-state index contributed by atoms with van der Waals surface area (Å²) < 4.78 is 0. The van der Waals surface area contributed by atoms with Gasteiger partial charge in [0.25, 0.3) is 5.91 Å². The number of thiazole rings is 1. The van der Waals surface area contributed by atoms with Crippen LogP contribution in [0.1, 0.15) is 23.0 Å². The summed E-state index contributed by atoms with van der Waals surface area (Å²) in [7, 11) is 0. The summed E-state index contributed by atoms with van der Waals surface area (Å²) in [6, 6.07) is 8.18. The van der Waals surface area contributed by atoms with Crippen molar-refractivity contribution in [2.24, 2.45) is 0 Å². The third-order valence-corrected chi connectivity index (χ3v) is 4.80. The maximum absolute atomic E-state index is 12.9. The van der Waals surface area contributed by atoms with Crippen LogP contribution in [0.2, 0.25) is 0 Å². The third-order valence-electron chi connectivity index (χ3n) is 3.93. The Morgan fingerprint density at radius 3 is 3.00 bits per heavy atom. The molecule has 23 heavy (non-hydrogen) atoms. The molecule has 0 unspecified atom stereocenters. The zero-order valence-corrected chi connectivity index (χ0v) is 13.3. The number of rotatable bonds is 2. The molecule has 1 atom stereocenters. The smallest absolute Gasteiger partial charge is 0.278 e. The quantitative estimate of drug-likeness (QED) is 0.727. The van der Waals surface area contributed by atoms with Crippen molar-refractivity contribution in [3.05, 3.63) is 59.5 Å². The predicted molar refractivity (Wildman–Crippen MR) is 89.6 cm³/mol. The molecule has 0 radical (unpaired) electrons. The largest absolute Gasteiger partial charge is 0.304 e. The van der Waals surface area contributed by atoms with E-state index in [2.05, 4.69) is 27.9 Å². The number of fused-ring (bicyclic) bond motifs is 1. The first-order valence-corrected chi connectivity index (χ1v) is 8.25. The molecule has 4 rings (SSSR count). The molecule has 0 bridgehead atoms. The summed E-state index contributed by atoms with van der Waals surface area (Å²) in [4.78, 5) is 27.5. The number of hydrogen-bond donors (Lipinski definition) is 0. The van der Waals surface area contributed by atoms with Gasteiger partial charge in [0, 0.05) is 29.5 Å². The first-order chi connectivity index (χ1) is 11.2. The molecule has 114 valence electrons. The van der Waals surface area contributed by atoms with Gasteiger partial charge in [-0.2, -0.15) is 0 Å². The van der Waals surface area contributed by atoms with Crippen LogP contribution in [0.4, 0.5) is 5.69 Å². The summed E-state index contributed by atoms with van der Waals surface area (Å²) in [5.41, 5.74) is 3.34. The molecule has 6 heteroatoms. The van der Waals surface area contributed by atoms with Crippen LogP contribution in [0.15, 0.2) is 48.2 Å². The van der Waals surface area contributed by atoms with Crippen molar-refractivity contribution in [3.63, 3.8) is 0 Å². The molecular weight excluding hydrogens is 308 g/mol. The number of nitrogens with zero attached hydrogens (tertiary/aromatic N) is 4. The average molecular weight is 322 g/mol. The first kappa shape index (κ1) is 14.0. The van der Waals surface area contributed by atoms with Gasteiger partial charge in [0.1, 0.15) is 16.4 Å². The fourth-order valence-electron chi connectivity index (χ4n) is 2.90. The number of anilines is 1. The molecule has 0 fully saturated rings. The van der Waals surface area contributed by atoms with E-state index in [1.54, 1.807) is 24.0 Å². The highest BCUT2D eigenvalue weighted by Crippen LogP contribution is 2.33. The molecule has 0 aliphatic carbocycles. The lowest BCUT2D eigenvalue weighted by Gasteiger charge is -2.21. The van der Waals surface area contributed by atoms with Crippen molar-refractivity contribution in [2.45, 2.75) is 19.4 Å². The molecule has 3 aromatic rings. The average Bonchev–Trinajstić information content (AvgIpc) is 3.19. The van der Waals surface area contributed by atoms with Crippen molar-refractivity contribution >= 4 is 22.9 Å². The Hall–Kier alpha value is -2.60. The summed E-state index contributed by atoms with van der Waals surface area (Å²) in [5.74, 6) is -0.0613. The number of carbonyl (C=O) groups excluding carboxylic acids is 1. The summed E-state index contributed by atoms with van der Waals surface area (Å²) in [6.45, 7) is 2.06. The number of carbonyl (C=O) groups is 1. The molecule has 3 heterocycles. The standard InChI is InChI=1S/C17H14N4OS/c1-11-8-12-4-2-3-5-15(12)21(11)17(22)14-10-23-16(20-14)13-9-18-6-7-19-13/h2-7,9-11H,8H2,1H3/t11-/m0/s1. The normalized spacial score (nSPS) is 16.4. The maximum Gasteiger partial charge on any atom is 0.278 e. The zero-order chi connectivity index (χ0) is 15.8. The monoisotopic (exact) mass is 322 g/mol. The third kappa shape index (κ3) is 2.41. The fourth-order valence-corrected chi connectivity index (χ4v) is 3.65. The molecule has 0 saturated heterocycles. The lowest BCUT2D eigenvalue weighted by molar-refractivity contribution is 0.0977.